The monoisotopic (exact) mass is 251 g/mol. The third-order valence-corrected chi connectivity index (χ3v) is 2.85. The lowest BCUT2D eigenvalue weighted by atomic mass is 10.2. The van der Waals surface area contributed by atoms with Crippen LogP contribution in [0.4, 0.5) is 5.69 Å². The van der Waals surface area contributed by atoms with Gasteiger partial charge in [-0.15, -0.1) is 0 Å². The minimum Gasteiger partial charge on any atom is -0.493 e. The summed E-state index contributed by atoms with van der Waals surface area (Å²) in [7, 11) is 1.42. The van der Waals surface area contributed by atoms with Gasteiger partial charge in [0.25, 0.3) is 5.69 Å². The fraction of sp³-hybridized carbons (Fsp3) is 0.417. The van der Waals surface area contributed by atoms with E-state index in [0.717, 1.165) is 0 Å². The summed E-state index contributed by atoms with van der Waals surface area (Å²) in [4.78, 5) is 21.3. The molecule has 1 unspecified atom stereocenters. The van der Waals surface area contributed by atoms with E-state index in [1.165, 1.54) is 25.3 Å². The number of benzene rings is 1. The highest BCUT2D eigenvalue weighted by Crippen LogP contribution is 2.33. The van der Waals surface area contributed by atoms with Gasteiger partial charge < -0.3 is 9.47 Å². The second-order valence-corrected chi connectivity index (χ2v) is 4.11. The number of rotatable bonds is 4. The zero-order valence-corrected chi connectivity index (χ0v) is 9.92. The standard InChI is InChI=1S/C12H13NO5/c1-17-12-6-8(13(15)16)2-5-11(12)18-10-4-3-9(14)7-10/h2,5-6,10H,3-4,7H2,1H3. The van der Waals surface area contributed by atoms with Gasteiger partial charge in [0.05, 0.1) is 18.1 Å². The molecule has 0 N–H and O–H groups in total. The molecule has 96 valence electrons. The highest BCUT2D eigenvalue weighted by molar-refractivity contribution is 5.81. The Balaban J connectivity index is 2.17. The lowest BCUT2D eigenvalue weighted by Crippen LogP contribution is -2.12. The second kappa shape index (κ2) is 5.03. The van der Waals surface area contributed by atoms with Gasteiger partial charge in [-0.05, 0) is 12.5 Å². The number of ether oxygens (including phenoxy) is 2. The maximum absolute atomic E-state index is 11.1. The number of carbonyl (C=O) groups excluding carboxylic acids is 1. The normalized spacial score (nSPS) is 18.7. The molecule has 1 fully saturated rings. The van der Waals surface area contributed by atoms with Crippen LogP contribution in [0.3, 0.4) is 0 Å². The third kappa shape index (κ3) is 2.58. The van der Waals surface area contributed by atoms with Crippen LogP contribution >= 0.6 is 0 Å². The maximum Gasteiger partial charge on any atom is 0.273 e. The fourth-order valence-electron chi connectivity index (χ4n) is 1.93. The zero-order chi connectivity index (χ0) is 13.1. The lowest BCUT2D eigenvalue weighted by Gasteiger charge is -2.14. The number of methoxy groups -OCH3 is 1. The number of hydrogen-bond donors (Lipinski definition) is 0. The van der Waals surface area contributed by atoms with Gasteiger partial charge in [0.1, 0.15) is 11.9 Å². The topological polar surface area (TPSA) is 78.7 Å². The van der Waals surface area contributed by atoms with E-state index >= 15 is 0 Å². The van der Waals surface area contributed by atoms with Crippen molar-refractivity contribution in [1.82, 2.24) is 0 Å². The van der Waals surface area contributed by atoms with E-state index in [1.54, 1.807) is 0 Å². The van der Waals surface area contributed by atoms with Crippen LogP contribution in [-0.2, 0) is 4.79 Å². The molecule has 2 rings (SSSR count). The first kappa shape index (κ1) is 12.3. The molecule has 0 bridgehead atoms. The Kier molecular flexibility index (Phi) is 3.45. The third-order valence-electron chi connectivity index (χ3n) is 2.85. The van der Waals surface area contributed by atoms with E-state index in [4.69, 9.17) is 9.47 Å². The summed E-state index contributed by atoms with van der Waals surface area (Å²) in [6.07, 6.45) is 1.44. The van der Waals surface area contributed by atoms with Gasteiger partial charge in [-0.2, -0.15) is 0 Å². The largest absolute Gasteiger partial charge is 0.493 e. The molecule has 1 aliphatic rings. The summed E-state index contributed by atoms with van der Waals surface area (Å²) in [6.45, 7) is 0. The Morgan fingerprint density at radius 3 is 2.72 bits per heavy atom. The number of nitrogens with zero attached hydrogens (tertiary/aromatic N) is 1. The number of Topliss-reactive ketones (excluding diaryl/α,β-unsaturated/α-hetero) is 1. The van der Waals surface area contributed by atoms with E-state index in [2.05, 4.69) is 0 Å². The van der Waals surface area contributed by atoms with E-state index < -0.39 is 4.92 Å². The van der Waals surface area contributed by atoms with Gasteiger partial charge in [0, 0.05) is 18.9 Å². The van der Waals surface area contributed by atoms with Crippen LogP contribution < -0.4 is 9.47 Å². The zero-order valence-electron chi connectivity index (χ0n) is 9.92. The Hall–Kier alpha value is -2.11. The van der Waals surface area contributed by atoms with Crippen LogP contribution in [0.5, 0.6) is 11.5 Å². The molecular formula is C12H13NO5. The molecule has 0 amide bonds. The molecule has 0 radical (unpaired) electrons. The van der Waals surface area contributed by atoms with Crippen molar-refractivity contribution < 1.29 is 19.2 Å². The van der Waals surface area contributed by atoms with Crippen molar-refractivity contribution in [1.29, 1.82) is 0 Å². The minimum absolute atomic E-state index is 0.0540. The van der Waals surface area contributed by atoms with Crippen LogP contribution in [0.2, 0.25) is 0 Å². The molecule has 1 saturated carbocycles. The number of non-ortho nitro benzene ring substituents is 1. The van der Waals surface area contributed by atoms with Gasteiger partial charge in [0.15, 0.2) is 11.5 Å². The van der Waals surface area contributed by atoms with Crippen molar-refractivity contribution in [3.8, 4) is 11.5 Å². The van der Waals surface area contributed by atoms with Crippen LogP contribution in [0, 0.1) is 10.1 Å². The summed E-state index contributed by atoms with van der Waals surface area (Å²) in [6, 6.07) is 4.17. The van der Waals surface area contributed by atoms with Gasteiger partial charge >= 0.3 is 0 Å². The highest BCUT2D eigenvalue weighted by Gasteiger charge is 2.25. The van der Waals surface area contributed by atoms with E-state index in [1.807, 2.05) is 0 Å². The van der Waals surface area contributed by atoms with Crippen molar-refractivity contribution in [3.63, 3.8) is 0 Å². The minimum atomic E-state index is -0.495. The summed E-state index contributed by atoms with van der Waals surface area (Å²) < 4.78 is 10.7. The smallest absolute Gasteiger partial charge is 0.273 e. The molecule has 1 atom stereocenters. The molecule has 18 heavy (non-hydrogen) atoms. The summed E-state index contributed by atoms with van der Waals surface area (Å²) in [5.74, 6) is 0.923. The van der Waals surface area contributed by atoms with E-state index in [0.29, 0.717) is 30.8 Å². The molecule has 0 saturated heterocycles. The van der Waals surface area contributed by atoms with Crippen LogP contribution in [-0.4, -0.2) is 23.9 Å². The molecule has 0 aromatic heterocycles. The summed E-state index contributed by atoms with van der Waals surface area (Å²) >= 11 is 0. The van der Waals surface area contributed by atoms with E-state index in [9.17, 15) is 14.9 Å². The molecule has 0 spiro atoms. The highest BCUT2D eigenvalue weighted by atomic mass is 16.6. The average Bonchev–Trinajstić information content (AvgIpc) is 2.75. The Bertz CT molecular complexity index is 485. The Morgan fingerprint density at radius 1 is 1.39 bits per heavy atom. The Labute approximate surface area is 104 Å². The molecule has 0 aliphatic heterocycles. The lowest BCUT2D eigenvalue weighted by molar-refractivity contribution is -0.385. The van der Waals surface area contributed by atoms with Gasteiger partial charge in [-0.1, -0.05) is 0 Å². The number of nitro benzene ring substituents is 1. The SMILES string of the molecule is COc1cc([N+](=O)[O-])ccc1OC1CCC(=O)C1. The number of nitro groups is 1. The van der Waals surface area contributed by atoms with Crippen LogP contribution in [0.15, 0.2) is 18.2 Å². The first-order valence-electron chi connectivity index (χ1n) is 5.61. The average molecular weight is 251 g/mol. The number of hydrogen-bond acceptors (Lipinski definition) is 5. The first-order valence-corrected chi connectivity index (χ1v) is 5.61. The van der Waals surface area contributed by atoms with Crippen molar-refractivity contribution >= 4 is 11.5 Å². The van der Waals surface area contributed by atoms with Crippen molar-refractivity contribution in [2.24, 2.45) is 0 Å². The molecular weight excluding hydrogens is 238 g/mol. The van der Waals surface area contributed by atoms with Crippen molar-refractivity contribution in [2.75, 3.05) is 7.11 Å². The molecule has 0 heterocycles. The predicted octanol–water partition coefficient (Wildman–Crippen LogP) is 2.10. The molecule has 1 aromatic rings. The van der Waals surface area contributed by atoms with Crippen LogP contribution in [0.25, 0.3) is 0 Å². The fourth-order valence-corrected chi connectivity index (χ4v) is 1.93. The number of ketones is 1. The maximum atomic E-state index is 11.1. The van der Waals surface area contributed by atoms with Gasteiger partial charge in [-0.25, -0.2) is 0 Å². The second-order valence-electron chi connectivity index (χ2n) is 4.11. The van der Waals surface area contributed by atoms with E-state index in [-0.39, 0.29) is 17.6 Å². The first-order chi connectivity index (χ1) is 8.60. The summed E-state index contributed by atoms with van der Waals surface area (Å²) in [5.41, 5.74) is -0.0540. The van der Waals surface area contributed by atoms with Crippen molar-refractivity contribution in [3.05, 3.63) is 28.3 Å². The van der Waals surface area contributed by atoms with Gasteiger partial charge in [0.2, 0.25) is 0 Å². The number of carbonyl (C=O) groups is 1. The molecule has 1 aromatic carbocycles. The predicted molar refractivity (Wildman–Crippen MR) is 62.9 cm³/mol. The molecule has 6 heteroatoms. The van der Waals surface area contributed by atoms with Gasteiger partial charge in [-0.3, -0.25) is 14.9 Å². The molecule has 6 nitrogen and oxygen atoms in total. The quantitative estimate of drug-likeness (QED) is 0.604. The Morgan fingerprint density at radius 2 is 2.17 bits per heavy atom. The molecule has 1 aliphatic carbocycles. The van der Waals surface area contributed by atoms with Crippen molar-refractivity contribution in [2.45, 2.75) is 25.4 Å². The van der Waals surface area contributed by atoms with Crippen LogP contribution in [0.1, 0.15) is 19.3 Å². The summed E-state index contributed by atoms with van der Waals surface area (Å²) in [5, 5.41) is 10.6.